The summed E-state index contributed by atoms with van der Waals surface area (Å²) in [6, 6.07) is 0. The molecule has 0 amide bonds. The monoisotopic (exact) mass is 504 g/mol. The van der Waals surface area contributed by atoms with E-state index < -0.39 is 0 Å². The Morgan fingerprint density at radius 2 is 1.61 bits per heavy atom. The molecule has 0 saturated carbocycles. The zero-order chi connectivity index (χ0) is 21.4. The lowest BCUT2D eigenvalue weighted by atomic mass is 10.2. The Hall–Kier alpha value is -1.78. The summed E-state index contributed by atoms with van der Waals surface area (Å²) < 4.78 is 7.49. The van der Waals surface area contributed by atoms with Crippen molar-refractivity contribution < 1.29 is 4.74 Å². The molecule has 4 aromatic heterocycles. The van der Waals surface area contributed by atoms with Gasteiger partial charge < -0.3 is 4.74 Å². The number of halogens is 4. The molecule has 31 heavy (non-hydrogen) atoms. The van der Waals surface area contributed by atoms with Crippen LogP contribution >= 0.6 is 46.4 Å². The third kappa shape index (κ3) is 4.85. The quantitative estimate of drug-likeness (QED) is 0.259. The van der Waals surface area contributed by atoms with Crippen LogP contribution in [0.25, 0.3) is 22.1 Å². The van der Waals surface area contributed by atoms with Gasteiger partial charge in [0.25, 0.3) is 0 Å². The van der Waals surface area contributed by atoms with Gasteiger partial charge in [-0.05, 0) is 56.3 Å². The highest BCUT2D eigenvalue weighted by Crippen LogP contribution is 2.30. The smallest absolute Gasteiger partial charge is 0.225 e. The minimum Gasteiger partial charge on any atom is -0.356 e. The highest BCUT2D eigenvalue weighted by Gasteiger charge is 2.22. The van der Waals surface area contributed by atoms with Gasteiger partial charge in [0.05, 0.1) is 16.5 Å². The molecule has 5 heterocycles. The van der Waals surface area contributed by atoms with Crippen LogP contribution in [0.2, 0.25) is 20.9 Å². The van der Waals surface area contributed by atoms with Crippen LogP contribution in [-0.4, -0.2) is 46.5 Å². The number of H-pyrrole nitrogens is 1. The summed E-state index contributed by atoms with van der Waals surface area (Å²) >= 11 is 23.3. The highest BCUT2D eigenvalue weighted by atomic mass is 35.5. The molecular formula is C18H20Cl4N8O. The Morgan fingerprint density at radius 3 is 2.29 bits per heavy atom. The number of hydrogen-bond donors (Lipinski definition) is 1. The fourth-order valence-electron chi connectivity index (χ4n) is 3.24. The van der Waals surface area contributed by atoms with Gasteiger partial charge in [0.2, 0.25) is 10.6 Å². The maximum atomic E-state index is 6.09. The van der Waals surface area contributed by atoms with Gasteiger partial charge in [-0.1, -0.05) is 30.6 Å². The maximum absolute atomic E-state index is 6.09. The first-order valence-corrected chi connectivity index (χ1v) is 10.6. The Labute approximate surface area is 198 Å². The topological polar surface area (TPSA) is 107 Å². The number of ether oxygens (including phenoxy) is 1. The van der Waals surface area contributed by atoms with Crippen molar-refractivity contribution in [2.75, 3.05) is 6.61 Å². The first kappa shape index (κ1) is 23.9. The highest BCUT2D eigenvalue weighted by molar-refractivity contribution is 6.36. The minimum atomic E-state index is -0.0861. The van der Waals surface area contributed by atoms with Gasteiger partial charge in [-0.3, -0.25) is 5.10 Å². The number of nitrogens with zero attached hydrogens (tertiary/aromatic N) is 7. The molecule has 0 aliphatic carbocycles. The molecule has 1 fully saturated rings. The lowest BCUT2D eigenvalue weighted by Gasteiger charge is -2.22. The summed E-state index contributed by atoms with van der Waals surface area (Å²) in [6.07, 6.45) is 3.05. The Bertz CT molecular complexity index is 1220. The number of aryl methyl sites for hydroxylation is 2. The third-order valence-corrected chi connectivity index (χ3v) is 5.49. The van der Waals surface area contributed by atoms with Gasteiger partial charge in [0.15, 0.2) is 17.5 Å². The molecule has 0 spiro atoms. The van der Waals surface area contributed by atoms with Crippen molar-refractivity contribution in [3.8, 4) is 0 Å². The second-order valence-electron chi connectivity index (χ2n) is 6.66. The molecule has 1 unspecified atom stereocenters. The van der Waals surface area contributed by atoms with Crippen molar-refractivity contribution >= 4 is 68.5 Å². The van der Waals surface area contributed by atoms with Crippen molar-refractivity contribution in [3.05, 3.63) is 32.3 Å². The molecule has 9 nitrogen and oxygen atoms in total. The van der Waals surface area contributed by atoms with Crippen molar-refractivity contribution in [2.24, 2.45) is 0 Å². The number of aromatic amines is 1. The van der Waals surface area contributed by atoms with E-state index in [1.54, 1.807) is 4.68 Å². The second kappa shape index (κ2) is 9.79. The van der Waals surface area contributed by atoms with E-state index in [2.05, 4.69) is 35.2 Å². The molecule has 0 bridgehead atoms. The number of nitrogens with one attached hydrogen (secondary N) is 1. The molecule has 1 aliphatic heterocycles. The van der Waals surface area contributed by atoms with E-state index in [1.807, 2.05) is 13.8 Å². The average molecular weight is 506 g/mol. The normalized spacial score (nSPS) is 16.1. The molecule has 0 radical (unpaired) electrons. The van der Waals surface area contributed by atoms with Crippen LogP contribution in [0.1, 0.15) is 44.3 Å². The van der Waals surface area contributed by atoms with Crippen LogP contribution in [0, 0.1) is 13.8 Å². The summed E-state index contributed by atoms with van der Waals surface area (Å²) in [6.45, 7) is 4.47. The molecule has 1 aliphatic rings. The van der Waals surface area contributed by atoms with Crippen LogP contribution in [0.15, 0.2) is 0 Å². The Balaban J connectivity index is 0.000000183. The van der Waals surface area contributed by atoms with Crippen LogP contribution in [0.5, 0.6) is 0 Å². The largest absolute Gasteiger partial charge is 0.356 e. The van der Waals surface area contributed by atoms with Gasteiger partial charge in [0.1, 0.15) is 10.3 Å². The lowest BCUT2D eigenvalue weighted by Crippen LogP contribution is -2.19. The molecule has 166 valence electrons. The molecular weight excluding hydrogens is 486 g/mol. The Kier molecular flexibility index (Phi) is 7.54. The molecule has 4 aromatic rings. The third-order valence-electron chi connectivity index (χ3n) is 4.61. The maximum Gasteiger partial charge on any atom is 0.225 e. The number of hydrogen-bond acceptors (Lipinski definition) is 7. The van der Waals surface area contributed by atoms with Crippen molar-refractivity contribution in [3.63, 3.8) is 0 Å². The van der Waals surface area contributed by atoms with E-state index in [1.165, 1.54) is 0 Å². The second-order valence-corrected chi connectivity index (χ2v) is 8.06. The van der Waals surface area contributed by atoms with E-state index in [-0.39, 0.29) is 24.2 Å². The van der Waals surface area contributed by atoms with E-state index >= 15 is 0 Å². The van der Waals surface area contributed by atoms with Crippen molar-refractivity contribution in [1.82, 2.24) is 39.9 Å². The number of rotatable bonds is 1. The van der Waals surface area contributed by atoms with Gasteiger partial charge in [-0.15, -0.1) is 0 Å². The van der Waals surface area contributed by atoms with Gasteiger partial charge >= 0.3 is 0 Å². The zero-order valence-electron chi connectivity index (χ0n) is 16.0. The van der Waals surface area contributed by atoms with E-state index in [9.17, 15) is 0 Å². The van der Waals surface area contributed by atoms with Crippen LogP contribution in [0.3, 0.4) is 0 Å². The van der Waals surface area contributed by atoms with Gasteiger partial charge in [0, 0.05) is 12.3 Å². The lowest BCUT2D eigenvalue weighted by molar-refractivity contribution is -0.0371. The van der Waals surface area contributed by atoms with Gasteiger partial charge in [-0.2, -0.15) is 20.2 Å². The molecule has 1 saturated heterocycles. The number of fused-ring (bicyclic) bond motifs is 2. The standard InChI is InChI=1S/C11H12Cl2N4O.C6H4Cl2N4.CH4/c1-6-8-9(12)14-11(13)15-10(8)17(16-6)7-4-2-3-5-18-7;1-2-3-4(7)9-6(8)10-5(3)12-11-2;/h7H,2-5H2,1H3;1H3,(H,9,10,11,12);1H4. The predicted octanol–water partition coefficient (Wildman–Crippen LogP) is 5.74. The molecule has 1 N–H and O–H groups in total. The predicted molar refractivity (Wildman–Crippen MR) is 122 cm³/mol. The number of aromatic nitrogens is 8. The van der Waals surface area contributed by atoms with Crippen LogP contribution in [-0.2, 0) is 4.74 Å². The van der Waals surface area contributed by atoms with Crippen LogP contribution in [0.4, 0.5) is 0 Å². The zero-order valence-corrected chi connectivity index (χ0v) is 19.0. The van der Waals surface area contributed by atoms with Crippen LogP contribution < -0.4 is 0 Å². The van der Waals surface area contributed by atoms with Gasteiger partial charge in [-0.25, -0.2) is 14.6 Å². The summed E-state index contributed by atoms with van der Waals surface area (Å²) in [5, 5.41) is 13.5. The molecule has 0 aromatic carbocycles. The first-order valence-electron chi connectivity index (χ1n) is 9.08. The molecule has 5 rings (SSSR count). The van der Waals surface area contributed by atoms with E-state index in [4.69, 9.17) is 51.1 Å². The summed E-state index contributed by atoms with van der Waals surface area (Å²) in [4.78, 5) is 15.8. The van der Waals surface area contributed by atoms with E-state index in [0.29, 0.717) is 21.6 Å². The fraction of sp³-hybridized carbons (Fsp3) is 0.444. The SMILES string of the molecule is C.Cc1[nH]nc2nc(Cl)nc(Cl)c12.Cc1nn(C2CCCCO2)c2nc(Cl)nc(Cl)c12. The van der Waals surface area contributed by atoms with E-state index in [0.717, 1.165) is 48.0 Å². The summed E-state index contributed by atoms with van der Waals surface area (Å²) in [5.74, 6) is 0. The molecule has 13 heteroatoms. The Morgan fingerprint density at radius 1 is 0.935 bits per heavy atom. The first-order chi connectivity index (χ1) is 14.3. The summed E-state index contributed by atoms with van der Waals surface area (Å²) in [5.41, 5.74) is 2.77. The summed E-state index contributed by atoms with van der Waals surface area (Å²) in [7, 11) is 0. The van der Waals surface area contributed by atoms with Crippen molar-refractivity contribution in [2.45, 2.75) is 46.8 Å². The van der Waals surface area contributed by atoms with Crippen molar-refractivity contribution in [1.29, 1.82) is 0 Å². The average Bonchev–Trinajstić information content (AvgIpc) is 3.23. The fourth-order valence-corrected chi connectivity index (χ4v) is 4.27. The minimum absolute atomic E-state index is 0. The molecule has 1 atom stereocenters.